The Hall–Kier alpha value is -2.25. The van der Waals surface area contributed by atoms with E-state index in [9.17, 15) is 13.6 Å². The van der Waals surface area contributed by atoms with E-state index >= 15 is 0 Å². The zero-order chi connectivity index (χ0) is 24.8. The molecule has 2 fully saturated rings. The maximum absolute atomic E-state index is 14.8. The second-order valence-corrected chi connectivity index (χ2v) is 11.1. The van der Waals surface area contributed by atoms with E-state index in [0.29, 0.717) is 36.8 Å². The molecule has 1 amide bonds. The number of hydrogen-bond acceptors (Lipinski definition) is 4. The van der Waals surface area contributed by atoms with Crippen molar-refractivity contribution >= 4 is 23.3 Å². The number of rotatable bonds is 3. The van der Waals surface area contributed by atoms with Crippen LogP contribution in [0.1, 0.15) is 46.1 Å². The summed E-state index contributed by atoms with van der Waals surface area (Å²) in [5.74, 6) is -1.04. The van der Waals surface area contributed by atoms with E-state index in [1.807, 2.05) is 17.0 Å². The van der Waals surface area contributed by atoms with Crippen molar-refractivity contribution < 1.29 is 13.6 Å². The number of carbonyl (C=O) groups is 1. The van der Waals surface area contributed by atoms with Gasteiger partial charge in [-0.1, -0.05) is 17.7 Å². The minimum Gasteiger partial charge on any atom is -0.348 e. The molecule has 2 saturated heterocycles. The fourth-order valence-corrected chi connectivity index (χ4v) is 5.54. The molecule has 0 radical (unpaired) electrons. The van der Waals surface area contributed by atoms with E-state index in [1.165, 1.54) is 12.1 Å². The molecule has 2 aliphatic rings. The first-order valence-corrected chi connectivity index (χ1v) is 12.2. The first-order chi connectivity index (χ1) is 16.0. The van der Waals surface area contributed by atoms with Crippen molar-refractivity contribution in [1.29, 1.82) is 0 Å². The predicted molar refractivity (Wildman–Crippen MR) is 131 cm³/mol. The number of likely N-dealkylation sites (tertiary alicyclic amines) is 1. The molecule has 1 aromatic heterocycles. The zero-order valence-electron chi connectivity index (χ0n) is 20.4. The zero-order valence-corrected chi connectivity index (χ0v) is 21.2. The Morgan fingerprint density at radius 3 is 2.26 bits per heavy atom. The molecular formula is C26H33ClF2N4O. The van der Waals surface area contributed by atoms with Crippen LogP contribution in [0.25, 0.3) is 0 Å². The van der Waals surface area contributed by atoms with Crippen LogP contribution in [-0.4, -0.2) is 64.5 Å². The van der Waals surface area contributed by atoms with Gasteiger partial charge in [-0.15, -0.1) is 0 Å². The molecule has 4 rings (SSSR count). The number of anilines is 1. The van der Waals surface area contributed by atoms with Crippen molar-refractivity contribution in [3.8, 4) is 0 Å². The number of amides is 1. The molecule has 0 aliphatic carbocycles. The third kappa shape index (κ3) is 4.91. The molecule has 5 nitrogen and oxygen atoms in total. The number of piperazine rings is 1. The number of pyridine rings is 1. The van der Waals surface area contributed by atoms with Gasteiger partial charge in [-0.25, -0.2) is 13.8 Å². The lowest BCUT2D eigenvalue weighted by Gasteiger charge is -2.46. The summed E-state index contributed by atoms with van der Waals surface area (Å²) in [5, 5.41) is 0.585. The lowest BCUT2D eigenvalue weighted by molar-refractivity contribution is -0.137. The fourth-order valence-electron chi connectivity index (χ4n) is 5.43. The van der Waals surface area contributed by atoms with Gasteiger partial charge < -0.3 is 9.80 Å². The summed E-state index contributed by atoms with van der Waals surface area (Å²) in [7, 11) is 0. The van der Waals surface area contributed by atoms with Crippen molar-refractivity contribution in [2.24, 2.45) is 5.92 Å². The Bertz CT molecular complexity index is 1030. The Labute approximate surface area is 205 Å². The van der Waals surface area contributed by atoms with Gasteiger partial charge in [0.15, 0.2) is 0 Å². The third-order valence-electron chi connectivity index (χ3n) is 7.15. The van der Waals surface area contributed by atoms with Gasteiger partial charge in [0.2, 0.25) is 5.91 Å². The summed E-state index contributed by atoms with van der Waals surface area (Å²) in [5.41, 5.74) is 0.250. The van der Waals surface area contributed by atoms with Crippen LogP contribution in [-0.2, 0) is 4.79 Å². The summed E-state index contributed by atoms with van der Waals surface area (Å²) in [4.78, 5) is 24.7. The molecule has 0 bridgehead atoms. The second kappa shape index (κ2) is 9.42. The smallest absolute Gasteiger partial charge is 0.227 e. The number of aromatic nitrogens is 1. The number of halogens is 3. The SMILES string of the molecule is C[C@@H]1CN(C(=O)[C@H]2CN(C(C)(C)C)C[C@@H]2c2ccc(F)cc2F)C[C@H](C)N1c1ccc(Cl)cn1. The normalized spacial score (nSPS) is 26.2. The lowest BCUT2D eigenvalue weighted by atomic mass is 9.87. The van der Waals surface area contributed by atoms with Crippen molar-refractivity contribution in [3.05, 3.63) is 58.7 Å². The van der Waals surface area contributed by atoms with E-state index in [0.717, 1.165) is 11.9 Å². The number of hydrogen-bond donors (Lipinski definition) is 0. The summed E-state index contributed by atoms with van der Waals surface area (Å²) in [6, 6.07) is 7.53. The molecule has 0 N–H and O–H groups in total. The van der Waals surface area contributed by atoms with Crippen molar-refractivity contribution in [2.45, 2.75) is 58.2 Å². The van der Waals surface area contributed by atoms with Crippen LogP contribution in [0.4, 0.5) is 14.6 Å². The molecule has 34 heavy (non-hydrogen) atoms. The van der Waals surface area contributed by atoms with Crippen LogP contribution in [0, 0.1) is 17.6 Å². The Morgan fingerprint density at radius 1 is 1.03 bits per heavy atom. The standard InChI is InChI=1S/C26H33ClF2N4O/c1-16-12-31(13-17(2)33(16)24-9-6-18(27)11-30-24)25(34)22-15-32(26(3,4)5)14-21(22)20-8-7-19(28)10-23(20)29/h6-11,16-17,21-22H,12-15H2,1-5H3/t16-,17+,21-,22+/m1/s1. The molecule has 0 unspecified atom stereocenters. The van der Waals surface area contributed by atoms with Crippen LogP contribution in [0.2, 0.25) is 5.02 Å². The fraction of sp³-hybridized carbons (Fsp3) is 0.538. The highest BCUT2D eigenvalue weighted by Gasteiger charge is 2.45. The van der Waals surface area contributed by atoms with Crippen LogP contribution < -0.4 is 4.90 Å². The highest BCUT2D eigenvalue weighted by molar-refractivity contribution is 6.30. The third-order valence-corrected chi connectivity index (χ3v) is 7.38. The highest BCUT2D eigenvalue weighted by Crippen LogP contribution is 2.39. The quantitative estimate of drug-likeness (QED) is 0.610. The number of benzene rings is 1. The Kier molecular flexibility index (Phi) is 6.89. The molecule has 1 aromatic carbocycles. The second-order valence-electron chi connectivity index (χ2n) is 10.6. The van der Waals surface area contributed by atoms with Crippen molar-refractivity contribution in [1.82, 2.24) is 14.8 Å². The molecule has 0 spiro atoms. The Balaban J connectivity index is 1.58. The van der Waals surface area contributed by atoms with Gasteiger partial charge in [0.1, 0.15) is 17.5 Å². The van der Waals surface area contributed by atoms with E-state index in [1.54, 1.807) is 6.20 Å². The average molecular weight is 491 g/mol. The van der Waals surface area contributed by atoms with Gasteiger partial charge in [0, 0.05) is 62.0 Å². The molecule has 0 saturated carbocycles. The van der Waals surface area contributed by atoms with Crippen molar-refractivity contribution in [3.63, 3.8) is 0 Å². The van der Waals surface area contributed by atoms with Gasteiger partial charge in [-0.2, -0.15) is 0 Å². The minimum atomic E-state index is -0.607. The molecule has 2 aromatic rings. The maximum Gasteiger partial charge on any atom is 0.227 e. The highest BCUT2D eigenvalue weighted by atomic mass is 35.5. The largest absolute Gasteiger partial charge is 0.348 e. The molecule has 3 heterocycles. The van der Waals surface area contributed by atoms with E-state index in [-0.39, 0.29) is 29.4 Å². The van der Waals surface area contributed by atoms with Crippen LogP contribution in [0.15, 0.2) is 36.5 Å². The van der Waals surface area contributed by atoms with Crippen LogP contribution in [0.3, 0.4) is 0 Å². The molecular weight excluding hydrogens is 458 g/mol. The molecule has 2 aliphatic heterocycles. The first-order valence-electron chi connectivity index (χ1n) is 11.8. The maximum atomic E-state index is 14.8. The predicted octanol–water partition coefficient (Wildman–Crippen LogP) is 4.95. The van der Waals surface area contributed by atoms with Crippen molar-refractivity contribution in [2.75, 3.05) is 31.1 Å². The Morgan fingerprint density at radius 2 is 1.71 bits per heavy atom. The minimum absolute atomic E-state index is 0.0305. The molecule has 184 valence electrons. The summed E-state index contributed by atoms with van der Waals surface area (Å²) < 4.78 is 28.4. The summed E-state index contributed by atoms with van der Waals surface area (Å²) >= 11 is 6.00. The topological polar surface area (TPSA) is 39.7 Å². The van der Waals surface area contributed by atoms with Gasteiger partial charge >= 0.3 is 0 Å². The number of nitrogens with zero attached hydrogens (tertiary/aromatic N) is 4. The van der Waals surface area contributed by atoms with Crippen LogP contribution in [0.5, 0.6) is 0 Å². The van der Waals surface area contributed by atoms with Crippen LogP contribution >= 0.6 is 11.6 Å². The van der Waals surface area contributed by atoms with E-state index in [4.69, 9.17) is 11.6 Å². The van der Waals surface area contributed by atoms with Gasteiger partial charge in [0.25, 0.3) is 0 Å². The molecule has 4 atom stereocenters. The van der Waals surface area contributed by atoms with Gasteiger partial charge in [-0.3, -0.25) is 9.69 Å². The van der Waals surface area contributed by atoms with Gasteiger partial charge in [-0.05, 0) is 58.4 Å². The molecule has 8 heteroatoms. The first kappa shape index (κ1) is 24.9. The summed E-state index contributed by atoms with van der Waals surface area (Å²) in [6.07, 6.45) is 1.63. The monoisotopic (exact) mass is 490 g/mol. The lowest BCUT2D eigenvalue weighted by Crippen LogP contribution is -2.59. The average Bonchev–Trinajstić information content (AvgIpc) is 3.19. The number of carbonyl (C=O) groups excluding carboxylic acids is 1. The van der Waals surface area contributed by atoms with E-state index < -0.39 is 17.6 Å². The van der Waals surface area contributed by atoms with Gasteiger partial charge in [0.05, 0.1) is 10.9 Å². The van der Waals surface area contributed by atoms with E-state index in [2.05, 4.69) is 49.4 Å². The summed E-state index contributed by atoms with van der Waals surface area (Å²) in [6.45, 7) is 12.7.